The fourth-order valence-corrected chi connectivity index (χ4v) is 1.63. The molecule has 0 atom stereocenters. The van der Waals surface area contributed by atoms with Crippen LogP contribution in [-0.4, -0.2) is 25.8 Å². The molecule has 0 bridgehead atoms. The summed E-state index contributed by atoms with van der Waals surface area (Å²) >= 11 is 1.34. The van der Waals surface area contributed by atoms with Gasteiger partial charge in [0.05, 0.1) is 28.7 Å². The number of Topliss-reactive ketones (excluding diaryl/α,β-unsaturated/α-hetero) is 1. The summed E-state index contributed by atoms with van der Waals surface area (Å²) in [4.78, 5) is 17.5. The first-order valence-electron chi connectivity index (χ1n) is 4.02. The zero-order valence-electron chi connectivity index (χ0n) is 7.54. The number of aryl methyl sites for hydroxylation is 1. The summed E-state index contributed by atoms with van der Waals surface area (Å²) in [5.41, 5.74) is 2.33. The van der Waals surface area contributed by atoms with E-state index in [4.69, 9.17) is 0 Å². The molecular weight excluding hydrogens is 200 g/mol. The van der Waals surface area contributed by atoms with Crippen LogP contribution >= 0.6 is 11.3 Å². The van der Waals surface area contributed by atoms with Crippen LogP contribution in [0.25, 0.3) is 0 Å². The molecule has 2 aromatic rings. The molecule has 0 aromatic carbocycles. The van der Waals surface area contributed by atoms with E-state index in [9.17, 15) is 4.79 Å². The van der Waals surface area contributed by atoms with Crippen LogP contribution in [0, 0.1) is 0 Å². The molecular formula is C8H8N4OS. The number of rotatable bonds is 3. The second kappa shape index (κ2) is 3.67. The average molecular weight is 208 g/mol. The zero-order valence-corrected chi connectivity index (χ0v) is 8.36. The largest absolute Gasteiger partial charge is 0.293 e. The molecule has 72 valence electrons. The molecule has 0 saturated carbocycles. The van der Waals surface area contributed by atoms with Gasteiger partial charge in [-0.05, 0) is 0 Å². The van der Waals surface area contributed by atoms with Gasteiger partial charge in [-0.2, -0.15) is 15.0 Å². The van der Waals surface area contributed by atoms with E-state index in [0.29, 0.717) is 10.6 Å². The number of nitrogens with zero attached hydrogens (tertiary/aromatic N) is 4. The number of carbonyl (C=O) groups is 1. The highest BCUT2D eigenvalue weighted by Crippen LogP contribution is 2.09. The van der Waals surface area contributed by atoms with Gasteiger partial charge in [-0.3, -0.25) is 9.78 Å². The predicted octanol–water partition coefficient (Wildman–Crippen LogP) is 0.697. The van der Waals surface area contributed by atoms with Crippen LogP contribution in [-0.2, 0) is 13.5 Å². The van der Waals surface area contributed by atoms with Crippen molar-refractivity contribution in [2.75, 3.05) is 0 Å². The molecule has 6 heteroatoms. The van der Waals surface area contributed by atoms with E-state index >= 15 is 0 Å². The average Bonchev–Trinajstić information content (AvgIpc) is 2.75. The minimum absolute atomic E-state index is 0.0352. The van der Waals surface area contributed by atoms with Crippen molar-refractivity contribution in [2.24, 2.45) is 7.05 Å². The Morgan fingerprint density at radius 1 is 1.57 bits per heavy atom. The lowest BCUT2D eigenvalue weighted by Gasteiger charge is -1.91. The molecule has 5 nitrogen and oxygen atoms in total. The number of hydrogen-bond donors (Lipinski definition) is 0. The predicted molar refractivity (Wildman–Crippen MR) is 51.2 cm³/mol. The van der Waals surface area contributed by atoms with Gasteiger partial charge in [-0.25, -0.2) is 0 Å². The molecule has 2 aromatic heterocycles. The van der Waals surface area contributed by atoms with Gasteiger partial charge < -0.3 is 0 Å². The van der Waals surface area contributed by atoms with Crippen LogP contribution in [0.1, 0.15) is 15.4 Å². The Morgan fingerprint density at radius 2 is 2.43 bits per heavy atom. The lowest BCUT2D eigenvalue weighted by atomic mass is 10.2. The minimum atomic E-state index is 0.0352. The summed E-state index contributed by atoms with van der Waals surface area (Å²) in [5, 5.41) is 7.92. The second-order valence-electron chi connectivity index (χ2n) is 2.79. The Balaban J connectivity index is 2.09. The molecule has 0 spiro atoms. The molecule has 0 aliphatic heterocycles. The van der Waals surface area contributed by atoms with Gasteiger partial charge in [0.1, 0.15) is 0 Å². The van der Waals surface area contributed by atoms with Crippen molar-refractivity contribution < 1.29 is 4.79 Å². The fourth-order valence-electron chi connectivity index (χ4n) is 1.07. The second-order valence-corrected chi connectivity index (χ2v) is 3.68. The van der Waals surface area contributed by atoms with E-state index in [1.54, 1.807) is 25.0 Å². The summed E-state index contributed by atoms with van der Waals surface area (Å²) in [6, 6.07) is 0. The Morgan fingerprint density at radius 3 is 3.00 bits per heavy atom. The van der Waals surface area contributed by atoms with Crippen LogP contribution in [0.5, 0.6) is 0 Å². The van der Waals surface area contributed by atoms with E-state index in [1.165, 1.54) is 16.1 Å². The quantitative estimate of drug-likeness (QED) is 0.696. The maximum atomic E-state index is 11.6. The summed E-state index contributed by atoms with van der Waals surface area (Å²) < 4.78 is 0. The van der Waals surface area contributed by atoms with Crippen LogP contribution in [0.3, 0.4) is 0 Å². The van der Waals surface area contributed by atoms with Crippen molar-refractivity contribution in [1.29, 1.82) is 0 Å². The van der Waals surface area contributed by atoms with E-state index in [1.807, 2.05) is 0 Å². The SMILES string of the molecule is Cn1ncc(CC(=O)c2cncs2)n1. The molecule has 0 N–H and O–H groups in total. The van der Waals surface area contributed by atoms with Crippen LogP contribution < -0.4 is 0 Å². The van der Waals surface area contributed by atoms with Crippen molar-refractivity contribution >= 4 is 17.1 Å². The Hall–Kier alpha value is -1.56. The standard InChI is InChI=1S/C8H8N4OS/c1-12-10-3-6(11-12)2-7(13)8-4-9-5-14-8/h3-5H,2H2,1H3. The third kappa shape index (κ3) is 1.85. The van der Waals surface area contributed by atoms with E-state index < -0.39 is 0 Å². The van der Waals surface area contributed by atoms with Crippen molar-refractivity contribution in [3.05, 3.63) is 28.5 Å². The fraction of sp³-hybridized carbons (Fsp3) is 0.250. The molecule has 0 saturated heterocycles. The molecule has 2 heterocycles. The lowest BCUT2D eigenvalue weighted by molar-refractivity contribution is 0.0995. The van der Waals surface area contributed by atoms with Gasteiger partial charge in [-0.1, -0.05) is 0 Å². The monoisotopic (exact) mass is 208 g/mol. The number of hydrogen-bond acceptors (Lipinski definition) is 5. The van der Waals surface area contributed by atoms with Gasteiger partial charge >= 0.3 is 0 Å². The van der Waals surface area contributed by atoms with Crippen molar-refractivity contribution in [2.45, 2.75) is 6.42 Å². The normalized spacial score (nSPS) is 10.4. The molecule has 14 heavy (non-hydrogen) atoms. The number of thiazole rings is 1. The summed E-state index contributed by atoms with van der Waals surface area (Å²) in [6.07, 6.45) is 3.46. The summed E-state index contributed by atoms with van der Waals surface area (Å²) in [7, 11) is 1.72. The lowest BCUT2D eigenvalue weighted by Crippen LogP contribution is -2.02. The first kappa shape index (κ1) is 9.01. The summed E-state index contributed by atoms with van der Waals surface area (Å²) in [5.74, 6) is 0.0352. The third-order valence-corrected chi connectivity index (χ3v) is 2.51. The van der Waals surface area contributed by atoms with Crippen molar-refractivity contribution in [3.8, 4) is 0 Å². The minimum Gasteiger partial charge on any atom is -0.293 e. The van der Waals surface area contributed by atoms with Crippen molar-refractivity contribution in [3.63, 3.8) is 0 Å². The molecule has 2 rings (SSSR count). The third-order valence-electron chi connectivity index (χ3n) is 1.70. The molecule has 0 fully saturated rings. The Bertz CT molecular complexity index is 434. The highest BCUT2D eigenvalue weighted by atomic mass is 32.1. The van der Waals surface area contributed by atoms with Gasteiger partial charge in [0.25, 0.3) is 0 Å². The highest BCUT2D eigenvalue weighted by Gasteiger charge is 2.10. The first-order chi connectivity index (χ1) is 6.75. The first-order valence-corrected chi connectivity index (χ1v) is 4.90. The number of aromatic nitrogens is 4. The van der Waals surface area contributed by atoms with Gasteiger partial charge in [0.15, 0.2) is 5.78 Å². The molecule has 0 aliphatic rings. The smallest absolute Gasteiger partial charge is 0.180 e. The Labute approximate surface area is 84.4 Å². The molecule has 0 radical (unpaired) electrons. The van der Waals surface area contributed by atoms with Crippen LogP contribution in [0.4, 0.5) is 0 Å². The zero-order chi connectivity index (χ0) is 9.97. The number of carbonyl (C=O) groups excluding carboxylic acids is 1. The van der Waals surface area contributed by atoms with Gasteiger partial charge in [-0.15, -0.1) is 11.3 Å². The van der Waals surface area contributed by atoms with Crippen LogP contribution in [0.15, 0.2) is 17.9 Å². The molecule has 0 unspecified atom stereocenters. The van der Waals surface area contributed by atoms with E-state index in [-0.39, 0.29) is 12.2 Å². The highest BCUT2D eigenvalue weighted by molar-refractivity contribution is 7.11. The van der Waals surface area contributed by atoms with Gasteiger partial charge in [0.2, 0.25) is 0 Å². The molecule has 0 aliphatic carbocycles. The topological polar surface area (TPSA) is 60.7 Å². The maximum absolute atomic E-state index is 11.6. The van der Waals surface area contributed by atoms with E-state index in [2.05, 4.69) is 15.2 Å². The van der Waals surface area contributed by atoms with Crippen molar-refractivity contribution in [1.82, 2.24) is 20.0 Å². The maximum Gasteiger partial charge on any atom is 0.180 e. The van der Waals surface area contributed by atoms with Crippen LogP contribution in [0.2, 0.25) is 0 Å². The van der Waals surface area contributed by atoms with E-state index in [0.717, 1.165) is 0 Å². The van der Waals surface area contributed by atoms with Gasteiger partial charge in [0, 0.05) is 13.2 Å². The molecule has 0 amide bonds. The number of ketones is 1. The summed E-state index contributed by atoms with van der Waals surface area (Å²) in [6.45, 7) is 0. The Kier molecular flexibility index (Phi) is 2.36.